The molecular weight excluding hydrogens is 796 g/mol. The SMILES string of the molecule is Cc1c(CN(C)C(=O)/C=C/c2cnc3c(c2)CCC(N)C(=O)N3)oc2c(Cl)cccc12.Cc1oc2ccccc2c1CN(C)C(=O)/C=C/c1cnc2c(c1)CCC(N)C(=O)N2. The Kier molecular flexibility index (Phi) is 12.8. The number of nitrogens with two attached hydrogens (primary N) is 2. The highest BCUT2D eigenvalue weighted by molar-refractivity contribution is 6.34. The number of halogens is 1. The molecule has 0 saturated carbocycles. The van der Waals surface area contributed by atoms with Gasteiger partial charge >= 0.3 is 0 Å². The molecular formula is C46H47ClN8O6. The smallest absolute Gasteiger partial charge is 0.246 e. The van der Waals surface area contributed by atoms with Gasteiger partial charge in [-0.25, -0.2) is 9.97 Å². The third kappa shape index (κ3) is 9.73. The van der Waals surface area contributed by atoms with Crippen LogP contribution >= 0.6 is 11.6 Å². The molecule has 4 amide bonds. The lowest BCUT2D eigenvalue weighted by molar-refractivity contribution is -0.126. The summed E-state index contributed by atoms with van der Waals surface area (Å²) in [7, 11) is 3.48. The minimum Gasteiger partial charge on any atom is -0.461 e. The molecule has 0 fully saturated rings. The average Bonchev–Trinajstić information content (AvgIpc) is 3.64. The second kappa shape index (κ2) is 18.3. The number of pyridine rings is 2. The maximum atomic E-state index is 12.6. The number of rotatable bonds is 8. The summed E-state index contributed by atoms with van der Waals surface area (Å²) in [4.78, 5) is 60.8. The standard InChI is InChI=1S/C23H23ClN4O3.C23H24N4O3/c1-13-16-4-3-5-17(24)21(16)31-19(13)12-28(2)20(29)9-6-14-10-15-7-8-18(25)23(30)27-22(15)26-11-14;1-14-18(17-5-3-4-6-20(17)30-14)13-27(2)21(28)10-7-15-11-16-8-9-19(24)23(29)26-22(16)25-12-15/h3-6,9-11,18H,7-8,12,25H2,1-2H3,(H,26,27,30);3-7,10-12,19H,8-9,13,24H2,1-2H3,(H,25,26,29)/b9-6+;10-7+. The zero-order valence-electron chi connectivity index (χ0n) is 34.3. The van der Waals surface area contributed by atoms with Gasteiger partial charge < -0.3 is 40.7 Å². The molecule has 15 heteroatoms. The number of likely N-dealkylation sites (N-methyl/N-ethyl adjacent to an activating group) is 2. The Morgan fingerprint density at radius 2 is 1.33 bits per heavy atom. The van der Waals surface area contributed by atoms with Crippen LogP contribution in [0.15, 0.2) is 88.0 Å². The van der Waals surface area contributed by atoms with Crippen molar-refractivity contribution in [1.82, 2.24) is 19.8 Å². The van der Waals surface area contributed by atoms with Crippen LogP contribution in [0.1, 0.15) is 57.7 Å². The third-order valence-corrected chi connectivity index (χ3v) is 11.2. The molecule has 2 aliphatic rings. The second-order valence-electron chi connectivity index (χ2n) is 15.3. The first-order valence-electron chi connectivity index (χ1n) is 19.9. The van der Waals surface area contributed by atoms with Crippen LogP contribution in [0.2, 0.25) is 5.02 Å². The molecule has 0 aliphatic carbocycles. The highest BCUT2D eigenvalue weighted by atomic mass is 35.5. The lowest BCUT2D eigenvalue weighted by atomic mass is 10.1. The lowest BCUT2D eigenvalue weighted by Gasteiger charge is -2.15. The van der Waals surface area contributed by atoms with Gasteiger partial charge in [-0.15, -0.1) is 0 Å². The van der Waals surface area contributed by atoms with Crippen molar-refractivity contribution in [3.05, 3.63) is 129 Å². The molecule has 6 heterocycles. The number of anilines is 2. The molecule has 0 saturated heterocycles. The molecule has 0 bridgehead atoms. The van der Waals surface area contributed by atoms with E-state index in [0.29, 0.717) is 66.8 Å². The van der Waals surface area contributed by atoms with Gasteiger partial charge in [-0.3, -0.25) is 19.2 Å². The fourth-order valence-corrected chi connectivity index (χ4v) is 7.39. The fraction of sp³-hybridized carbons (Fsp3) is 0.261. The maximum absolute atomic E-state index is 12.6. The molecule has 2 aliphatic heterocycles. The fourth-order valence-electron chi connectivity index (χ4n) is 7.17. The number of nitrogens with one attached hydrogen (secondary N) is 2. The van der Waals surface area contributed by atoms with Crippen LogP contribution in [0.5, 0.6) is 0 Å². The Morgan fingerprint density at radius 3 is 1.90 bits per heavy atom. The number of para-hydroxylation sites is 2. The molecule has 4 aromatic heterocycles. The highest BCUT2D eigenvalue weighted by Crippen LogP contribution is 2.32. The number of carbonyl (C=O) groups excluding carboxylic acids is 4. The largest absolute Gasteiger partial charge is 0.461 e. The monoisotopic (exact) mass is 842 g/mol. The molecule has 2 unspecified atom stereocenters. The summed E-state index contributed by atoms with van der Waals surface area (Å²) < 4.78 is 11.7. The third-order valence-electron chi connectivity index (χ3n) is 10.9. The number of benzene rings is 2. The summed E-state index contributed by atoms with van der Waals surface area (Å²) in [6.07, 6.45) is 12.1. The molecule has 8 rings (SSSR count). The number of aromatic nitrogens is 2. The molecule has 0 spiro atoms. The van der Waals surface area contributed by atoms with Gasteiger partial charge in [-0.2, -0.15) is 0 Å². The number of amides is 4. The van der Waals surface area contributed by atoms with E-state index in [1.54, 1.807) is 54.5 Å². The number of hydrogen-bond acceptors (Lipinski definition) is 10. The van der Waals surface area contributed by atoms with Gasteiger partial charge in [0.15, 0.2) is 5.58 Å². The van der Waals surface area contributed by atoms with Crippen LogP contribution in [-0.2, 0) is 45.1 Å². The molecule has 6 N–H and O–H groups in total. The van der Waals surface area contributed by atoms with Crippen LogP contribution in [0.25, 0.3) is 34.1 Å². The first-order valence-corrected chi connectivity index (χ1v) is 20.2. The van der Waals surface area contributed by atoms with Crippen molar-refractivity contribution in [1.29, 1.82) is 0 Å². The number of hydrogen-bond donors (Lipinski definition) is 4. The topological polar surface area (TPSA) is 203 Å². The van der Waals surface area contributed by atoms with Gasteiger partial charge in [0.2, 0.25) is 23.6 Å². The molecule has 2 aromatic carbocycles. The molecule has 2 atom stereocenters. The number of nitrogens with zero attached hydrogens (tertiary/aromatic N) is 4. The van der Waals surface area contributed by atoms with Crippen LogP contribution < -0.4 is 22.1 Å². The van der Waals surface area contributed by atoms with Crippen LogP contribution in [-0.4, -0.2) is 69.6 Å². The van der Waals surface area contributed by atoms with E-state index in [1.807, 2.05) is 62.4 Å². The van der Waals surface area contributed by atoms with Crippen LogP contribution in [0.3, 0.4) is 0 Å². The zero-order valence-corrected chi connectivity index (χ0v) is 35.1. The molecule has 0 radical (unpaired) electrons. The number of carbonyl (C=O) groups is 4. The second-order valence-corrected chi connectivity index (χ2v) is 15.7. The van der Waals surface area contributed by atoms with Gasteiger partial charge in [0.05, 0.1) is 23.7 Å². The van der Waals surface area contributed by atoms with E-state index < -0.39 is 12.1 Å². The van der Waals surface area contributed by atoms with E-state index >= 15 is 0 Å². The van der Waals surface area contributed by atoms with E-state index in [9.17, 15) is 19.2 Å². The van der Waals surface area contributed by atoms with Crippen molar-refractivity contribution < 1.29 is 28.0 Å². The van der Waals surface area contributed by atoms with Crippen molar-refractivity contribution in [2.45, 2.75) is 64.7 Å². The van der Waals surface area contributed by atoms with Crippen molar-refractivity contribution in [2.24, 2.45) is 11.5 Å². The summed E-state index contributed by atoms with van der Waals surface area (Å²) in [5, 5.41) is 8.00. The first kappa shape index (κ1) is 42.5. The van der Waals surface area contributed by atoms with Crippen molar-refractivity contribution in [3.63, 3.8) is 0 Å². The maximum Gasteiger partial charge on any atom is 0.246 e. The van der Waals surface area contributed by atoms with Crippen molar-refractivity contribution >= 4 is 81.0 Å². The normalized spacial score (nSPS) is 16.3. The predicted molar refractivity (Wildman–Crippen MR) is 236 cm³/mol. The number of fused-ring (bicyclic) bond motifs is 4. The highest BCUT2D eigenvalue weighted by Gasteiger charge is 2.23. The van der Waals surface area contributed by atoms with E-state index in [0.717, 1.165) is 55.5 Å². The summed E-state index contributed by atoms with van der Waals surface area (Å²) in [5.74, 6) is 1.84. The first-order chi connectivity index (χ1) is 29.2. The predicted octanol–water partition coefficient (Wildman–Crippen LogP) is 6.69. The molecule has 61 heavy (non-hydrogen) atoms. The van der Waals surface area contributed by atoms with E-state index in [1.165, 1.54) is 12.2 Å². The zero-order chi connectivity index (χ0) is 43.4. The van der Waals surface area contributed by atoms with Crippen molar-refractivity contribution in [2.75, 3.05) is 24.7 Å². The van der Waals surface area contributed by atoms with Crippen LogP contribution in [0, 0.1) is 13.8 Å². The summed E-state index contributed by atoms with van der Waals surface area (Å²) in [6, 6.07) is 16.2. The van der Waals surface area contributed by atoms with E-state index in [2.05, 4.69) is 20.6 Å². The van der Waals surface area contributed by atoms with Gasteiger partial charge in [0, 0.05) is 67.1 Å². The molecule has 6 aromatic rings. The Morgan fingerprint density at radius 1 is 0.787 bits per heavy atom. The summed E-state index contributed by atoms with van der Waals surface area (Å²) in [6.45, 7) is 4.65. The quantitative estimate of drug-likeness (QED) is 0.120. The average molecular weight is 843 g/mol. The number of furan rings is 2. The van der Waals surface area contributed by atoms with E-state index in [-0.39, 0.29) is 23.6 Å². The minimum atomic E-state index is -0.542. The number of aryl methyl sites for hydroxylation is 4. The Hall–Kier alpha value is -6.61. The Labute approximate surface area is 357 Å². The van der Waals surface area contributed by atoms with Gasteiger partial charge in [-0.05, 0) is 98.2 Å². The lowest BCUT2D eigenvalue weighted by Crippen LogP contribution is -2.34. The van der Waals surface area contributed by atoms with Gasteiger partial charge in [0.1, 0.15) is 28.7 Å². The molecule has 14 nitrogen and oxygen atoms in total. The van der Waals surface area contributed by atoms with E-state index in [4.69, 9.17) is 31.9 Å². The Bertz CT molecular complexity index is 2720. The Balaban J connectivity index is 0.000000184. The van der Waals surface area contributed by atoms with Crippen molar-refractivity contribution in [3.8, 4) is 0 Å². The molecule has 314 valence electrons. The van der Waals surface area contributed by atoms with Gasteiger partial charge in [0.25, 0.3) is 0 Å². The van der Waals surface area contributed by atoms with Crippen LogP contribution in [0.4, 0.5) is 11.6 Å². The summed E-state index contributed by atoms with van der Waals surface area (Å²) in [5.41, 5.74) is 18.5. The minimum absolute atomic E-state index is 0.120. The summed E-state index contributed by atoms with van der Waals surface area (Å²) >= 11 is 6.21. The van der Waals surface area contributed by atoms with Gasteiger partial charge in [-0.1, -0.05) is 41.9 Å².